The van der Waals surface area contributed by atoms with Crippen LogP contribution in [0.5, 0.6) is 5.75 Å². The first-order valence-corrected chi connectivity index (χ1v) is 12.1. The summed E-state index contributed by atoms with van der Waals surface area (Å²) in [7, 11) is 0. The van der Waals surface area contributed by atoms with Crippen LogP contribution in [0.25, 0.3) is 5.69 Å². The van der Waals surface area contributed by atoms with Crippen molar-refractivity contribution in [2.45, 2.75) is 46.5 Å². The lowest BCUT2D eigenvalue weighted by molar-refractivity contribution is -0.136. The number of benzene rings is 2. The number of aromatic nitrogens is 2. The van der Waals surface area contributed by atoms with E-state index in [1.165, 1.54) is 4.90 Å². The molecule has 7 nitrogen and oxygen atoms in total. The van der Waals surface area contributed by atoms with E-state index >= 15 is 0 Å². The highest BCUT2D eigenvalue weighted by Crippen LogP contribution is 2.26. The zero-order valence-corrected chi connectivity index (χ0v) is 21.7. The summed E-state index contributed by atoms with van der Waals surface area (Å²) in [6.07, 6.45) is 0.718. The molecule has 3 rings (SSSR count). The minimum absolute atomic E-state index is 0.0828. The number of rotatable bonds is 9. The maximum atomic E-state index is 13.0. The molecule has 1 aromatic heterocycles. The second-order valence-electron chi connectivity index (χ2n) is 9.52. The van der Waals surface area contributed by atoms with E-state index in [0.717, 1.165) is 23.4 Å². The molecule has 0 spiro atoms. The van der Waals surface area contributed by atoms with Crippen LogP contribution in [-0.4, -0.2) is 46.2 Å². The highest BCUT2D eigenvalue weighted by Gasteiger charge is 2.23. The number of anilines is 1. The van der Waals surface area contributed by atoms with Gasteiger partial charge in [-0.1, -0.05) is 51.4 Å². The van der Waals surface area contributed by atoms with E-state index in [0.29, 0.717) is 23.1 Å². The monoisotopic (exact) mass is 496 g/mol. The maximum absolute atomic E-state index is 13.0. The second kappa shape index (κ2) is 11.4. The average molecular weight is 497 g/mol. The lowest BCUT2D eigenvalue weighted by atomic mass is 9.92. The third-order valence-corrected chi connectivity index (χ3v) is 5.60. The summed E-state index contributed by atoms with van der Waals surface area (Å²) in [4.78, 5) is 27.3. The van der Waals surface area contributed by atoms with Crippen LogP contribution in [0.3, 0.4) is 0 Å². The van der Waals surface area contributed by atoms with Crippen LogP contribution in [0.15, 0.2) is 54.6 Å². The minimum atomic E-state index is -0.299. The number of aryl methyl sites for hydroxylation is 1. The normalized spacial score (nSPS) is 11.3. The molecule has 1 N–H and O–H groups in total. The van der Waals surface area contributed by atoms with E-state index in [2.05, 4.69) is 26.1 Å². The Labute approximate surface area is 212 Å². The molecule has 1 heterocycles. The summed E-state index contributed by atoms with van der Waals surface area (Å²) < 4.78 is 7.32. The SMILES string of the molecule is CCCN(CC(=O)Nc1cc(C(C)(C)C)nn1-c1cccc(C)c1)C(=O)COc1ccc(Cl)cc1. The van der Waals surface area contributed by atoms with E-state index in [1.807, 2.05) is 44.2 Å². The molecule has 2 amide bonds. The van der Waals surface area contributed by atoms with Gasteiger partial charge in [-0.25, -0.2) is 4.68 Å². The largest absolute Gasteiger partial charge is 0.484 e. The van der Waals surface area contributed by atoms with Crippen LogP contribution >= 0.6 is 11.6 Å². The molecular weight excluding hydrogens is 464 g/mol. The number of ether oxygens (including phenoxy) is 1. The first-order chi connectivity index (χ1) is 16.6. The van der Waals surface area contributed by atoms with Crippen molar-refractivity contribution in [3.8, 4) is 11.4 Å². The van der Waals surface area contributed by atoms with Crippen LogP contribution in [0.2, 0.25) is 5.02 Å². The zero-order valence-electron chi connectivity index (χ0n) is 21.0. The first kappa shape index (κ1) is 26.3. The van der Waals surface area contributed by atoms with Gasteiger partial charge in [0.1, 0.15) is 18.1 Å². The highest BCUT2D eigenvalue weighted by molar-refractivity contribution is 6.30. The summed E-state index contributed by atoms with van der Waals surface area (Å²) in [5.74, 6) is 0.541. The Bertz CT molecular complexity index is 1170. The molecule has 186 valence electrons. The number of nitrogens with zero attached hydrogens (tertiary/aromatic N) is 3. The molecule has 8 heteroatoms. The number of halogens is 1. The summed E-state index contributed by atoms with van der Waals surface area (Å²) >= 11 is 5.89. The fraction of sp³-hybridized carbons (Fsp3) is 0.370. The van der Waals surface area contributed by atoms with Gasteiger partial charge in [0, 0.05) is 23.0 Å². The molecule has 0 aliphatic carbocycles. The first-order valence-electron chi connectivity index (χ1n) is 11.7. The van der Waals surface area contributed by atoms with Crippen molar-refractivity contribution in [2.24, 2.45) is 0 Å². The van der Waals surface area contributed by atoms with Gasteiger partial charge in [-0.2, -0.15) is 5.10 Å². The molecule has 2 aromatic carbocycles. The van der Waals surface area contributed by atoms with Crippen LogP contribution in [0, 0.1) is 6.92 Å². The Morgan fingerprint density at radius 2 is 1.83 bits per heavy atom. The molecule has 0 bridgehead atoms. The summed E-state index contributed by atoms with van der Waals surface area (Å²) in [6, 6.07) is 16.6. The van der Waals surface area contributed by atoms with E-state index in [9.17, 15) is 9.59 Å². The van der Waals surface area contributed by atoms with Crippen LogP contribution in [-0.2, 0) is 15.0 Å². The van der Waals surface area contributed by atoms with Gasteiger partial charge in [0.15, 0.2) is 6.61 Å². The molecule has 0 aliphatic rings. The Morgan fingerprint density at radius 1 is 1.11 bits per heavy atom. The fourth-order valence-corrected chi connectivity index (χ4v) is 3.60. The number of nitrogens with one attached hydrogen (secondary N) is 1. The van der Waals surface area contributed by atoms with E-state index in [1.54, 1.807) is 28.9 Å². The van der Waals surface area contributed by atoms with Crippen molar-refractivity contribution < 1.29 is 14.3 Å². The van der Waals surface area contributed by atoms with Crippen molar-refractivity contribution in [3.63, 3.8) is 0 Å². The van der Waals surface area contributed by atoms with Gasteiger partial charge in [0.25, 0.3) is 5.91 Å². The molecule has 0 atom stereocenters. The molecule has 35 heavy (non-hydrogen) atoms. The smallest absolute Gasteiger partial charge is 0.260 e. The Kier molecular flexibility index (Phi) is 8.57. The molecular formula is C27H33ClN4O3. The van der Waals surface area contributed by atoms with E-state index < -0.39 is 0 Å². The summed E-state index contributed by atoms with van der Waals surface area (Å²) in [6.45, 7) is 10.4. The van der Waals surface area contributed by atoms with Gasteiger partial charge in [-0.15, -0.1) is 0 Å². The van der Waals surface area contributed by atoms with Crippen molar-refractivity contribution in [1.82, 2.24) is 14.7 Å². The quantitative estimate of drug-likeness (QED) is 0.431. The number of carbonyl (C=O) groups is 2. The Morgan fingerprint density at radius 3 is 2.46 bits per heavy atom. The van der Waals surface area contributed by atoms with Crippen LogP contribution in [0.1, 0.15) is 45.4 Å². The zero-order chi connectivity index (χ0) is 25.6. The molecule has 0 fully saturated rings. The van der Waals surface area contributed by atoms with Crippen molar-refractivity contribution in [3.05, 3.63) is 70.9 Å². The van der Waals surface area contributed by atoms with Crippen molar-refractivity contribution >= 4 is 29.2 Å². The van der Waals surface area contributed by atoms with Gasteiger partial charge in [-0.3, -0.25) is 9.59 Å². The summed E-state index contributed by atoms with van der Waals surface area (Å²) in [5, 5.41) is 8.30. The van der Waals surface area contributed by atoms with Gasteiger partial charge in [0.2, 0.25) is 5.91 Å². The third kappa shape index (κ3) is 7.33. The molecule has 0 saturated carbocycles. The topological polar surface area (TPSA) is 76.5 Å². The third-order valence-electron chi connectivity index (χ3n) is 5.35. The Hall–Kier alpha value is -3.32. The lowest BCUT2D eigenvalue weighted by Crippen LogP contribution is -2.41. The number of hydrogen-bond donors (Lipinski definition) is 1. The van der Waals surface area contributed by atoms with E-state index in [4.69, 9.17) is 21.4 Å². The standard InChI is InChI=1S/C27H33ClN4O3/c1-6-14-31(26(34)18-35-22-12-10-20(28)11-13-22)17-25(33)29-24-16-23(27(3,4)5)30-32(24)21-9-7-8-19(2)15-21/h7-13,15-16H,6,14,17-18H2,1-5H3,(H,29,33). The van der Waals surface area contributed by atoms with Gasteiger partial charge < -0.3 is 15.0 Å². The molecule has 0 saturated heterocycles. The average Bonchev–Trinajstić information content (AvgIpc) is 3.22. The molecule has 0 unspecified atom stereocenters. The van der Waals surface area contributed by atoms with Gasteiger partial charge in [-0.05, 0) is 55.3 Å². The lowest BCUT2D eigenvalue weighted by Gasteiger charge is -2.22. The Balaban J connectivity index is 1.73. The predicted molar refractivity (Wildman–Crippen MR) is 139 cm³/mol. The van der Waals surface area contributed by atoms with E-state index in [-0.39, 0.29) is 30.4 Å². The summed E-state index contributed by atoms with van der Waals surface area (Å²) in [5.41, 5.74) is 2.60. The van der Waals surface area contributed by atoms with Crippen molar-refractivity contribution in [2.75, 3.05) is 25.0 Å². The number of hydrogen-bond acceptors (Lipinski definition) is 4. The second-order valence-corrected chi connectivity index (χ2v) is 9.96. The molecule has 0 radical (unpaired) electrons. The van der Waals surface area contributed by atoms with Gasteiger partial charge in [0.05, 0.1) is 11.4 Å². The van der Waals surface area contributed by atoms with Crippen LogP contribution in [0.4, 0.5) is 5.82 Å². The number of carbonyl (C=O) groups excluding carboxylic acids is 2. The maximum Gasteiger partial charge on any atom is 0.260 e. The van der Waals surface area contributed by atoms with Crippen molar-refractivity contribution in [1.29, 1.82) is 0 Å². The minimum Gasteiger partial charge on any atom is -0.484 e. The highest BCUT2D eigenvalue weighted by atomic mass is 35.5. The molecule has 3 aromatic rings. The number of amides is 2. The predicted octanol–water partition coefficient (Wildman–Crippen LogP) is 5.39. The van der Waals surface area contributed by atoms with Gasteiger partial charge >= 0.3 is 0 Å². The molecule has 0 aliphatic heterocycles. The fourth-order valence-electron chi connectivity index (χ4n) is 3.48. The van der Waals surface area contributed by atoms with Crippen LogP contribution < -0.4 is 10.1 Å².